The van der Waals surface area contributed by atoms with Gasteiger partial charge in [0.15, 0.2) is 0 Å². The predicted molar refractivity (Wildman–Crippen MR) is 152 cm³/mol. The lowest BCUT2D eigenvalue weighted by Gasteiger charge is -2.40. The highest BCUT2D eigenvalue weighted by Crippen LogP contribution is 2.47. The van der Waals surface area contributed by atoms with Gasteiger partial charge in [0.1, 0.15) is 5.60 Å². The summed E-state index contributed by atoms with van der Waals surface area (Å²) in [4.78, 5) is 29.7. The van der Waals surface area contributed by atoms with Crippen molar-refractivity contribution in [3.05, 3.63) is 76.2 Å². The predicted octanol–water partition coefficient (Wildman–Crippen LogP) is 5.63. The number of rotatable bonds is 7. The summed E-state index contributed by atoms with van der Waals surface area (Å²) < 4.78 is 5.44. The van der Waals surface area contributed by atoms with Crippen LogP contribution in [0.3, 0.4) is 0 Å². The number of thiophene rings is 1. The third-order valence-electron chi connectivity index (χ3n) is 7.05. The number of nitrogens with one attached hydrogen (secondary N) is 2. The first-order valence-corrected chi connectivity index (χ1v) is 13.9. The first kappa shape index (κ1) is 26.3. The zero-order chi connectivity index (χ0) is 27.1. The van der Waals surface area contributed by atoms with Crippen molar-refractivity contribution in [3.8, 4) is 10.4 Å². The molecule has 1 saturated heterocycles. The van der Waals surface area contributed by atoms with Crippen molar-refractivity contribution in [3.63, 3.8) is 0 Å². The fourth-order valence-electron chi connectivity index (χ4n) is 4.75. The number of anilines is 1. The fraction of sp³-hybridized carbons (Fsp3) is 0.400. The van der Waals surface area contributed by atoms with Crippen molar-refractivity contribution in [2.45, 2.75) is 64.3 Å². The molecule has 2 aliphatic rings. The van der Waals surface area contributed by atoms with Crippen LogP contribution in [0.25, 0.3) is 10.4 Å². The number of benzene rings is 2. The standard InChI is InChI=1S/C30H36N4O3S/c1-19-8-9-22(32-23-17-34(18-23)28(36)37-29(2,3)4)15-25(19)27(35)33-30(12-13-30)21-7-5-6-20(14-21)26-11-10-24(16-31)38-26/h5-11,14-15,23,32H,12-13,16-18,31H2,1-4H3,(H,33,35). The van der Waals surface area contributed by atoms with Gasteiger partial charge in [-0.25, -0.2) is 4.79 Å². The molecular weight excluding hydrogens is 496 g/mol. The molecule has 5 rings (SSSR count). The van der Waals surface area contributed by atoms with E-state index in [0.29, 0.717) is 25.2 Å². The fourth-order valence-corrected chi connectivity index (χ4v) is 5.63. The average Bonchev–Trinajstić information content (AvgIpc) is 3.46. The van der Waals surface area contributed by atoms with Crippen molar-refractivity contribution in [2.75, 3.05) is 18.4 Å². The molecular formula is C30H36N4O3S. The van der Waals surface area contributed by atoms with E-state index in [-0.39, 0.29) is 23.6 Å². The van der Waals surface area contributed by atoms with Crippen molar-refractivity contribution in [1.82, 2.24) is 10.2 Å². The Morgan fingerprint density at radius 3 is 2.53 bits per heavy atom. The van der Waals surface area contributed by atoms with Gasteiger partial charge in [0, 0.05) is 40.6 Å². The maximum Gasteiger partial charge on any atom is 0.410 e. The summed E-state index contributed by atoms with van der Waals surface area (Å²) in [6.07, 6.45) is 1.54. The Bertz CT molecular complexity index is 1350. The molecule has 200 valence electrons. The van der Waals surface area contributed by atoms with Gasteiger partial charge in [-0.2, -0.15) is 0 Å². The van der Waals surface area contributed by atoms with Gasteiger partial charge in [-0.05, 0) is 87.6 Å². The van der Waals surface area contributed by atoms with Gasteiger partial charge < -0.3 is 26.0 Å². The van der Waals surface area contributed by atoms with Gasteiger partial charge in [-0.1, -0.05) is 24.3 Å². The molecule has 0 spiro atoms. The first-order valence-electron chi connectivity index (χ1n) is 13.1. The van der Waals surface area contributed by atoms with Crippen LogP contribution in [-0.4, -0.2) is 41.6 Å². The second kappa shape index (κ2) is 10.1. The highest BCUT2D eigenvalue weighted by Gasteiger charge is 2.46. The largest absolute Gasteiger partial charge is 0.444 e. The second-order valence-corrected chi connectivity index (χ2v) is 12.5. The third-order valence-corrected chi connectivity index (χ3v) is 8.21. The summed E-state index contributed by atoms with van der Waals surface area (Å²) in [5, 5.41) is 6.79. The Balaban J connectivity index is 1.24. The number of amides is 2. The molecule has 1 aromatic heterocycles. The highest BCUT2D eigenvalue weighted by molar-refractivity contribution is 7.15. The molecule has 7 nitrogen and oxygen atoms in total. The molecule has 1 saturated carbocycles. The van der Waals surface area contributed by atoms with E-state index in [1.807, 2.05) is 45.9 Å². The molecule has 4 N–H and O–H groups in total. The monoisotopic (exact) mass is 532 g/mol. The van der Waals surface area contributed by atoms with Gasteiger partial charge in [-0.15, -0.1) is 11.3 Å². The van der Waals surface area contributed by atoms with Crippen LogP contribution in [0, 0.1) is 6.92 Å². The van der Waals surface area contributed by atoms with E-state index in [4.69, 9.17) is 10.5 Å². The minimum atomic E-state index is -0.507. The van der Waals surface area contributed by atoms with Gasteiger partial charge in [0.05, 0.1) is 11.6 Å². The molecule has 2 amide bonds. The van der Waals surface area contributed by atoms with Crippen LogP contribution in [0.15, 0.2) is 54.6 Å². The summed E-state index contributed by atoms with van der Waals surface area (Å²) in [6.45, 7) is 9.23. The van der Waals surface area contributed by atoms with E-state index in [9.17, 15) is 9.59 Å². The maximum absolute atomic E-state index is 13.5. The lowest BCUT2D eigenvalue weighted by atomic mass is 9.99. The Kier molecular flexibility index (Phi) is 6.96. The number of likely N-dealkylation sites (tertiary alicyclic amines) is 1. The van der Waals surface area contributed by atoms with Crippen LogP contribution in [0.4, 0.5) is 10.5 Å². The van der Waals surface area contributed by atoms with E-state index in [1.165, 1.54) is 4.88 Å². The number of carbonyl (C=O) groups excluding carboxylic acids is 2. The highest BCUT2D eigenvalue weighted by atomic mass is 32.1. The molecule has 38 heavy (non-hydrogen) atoms. The Labute approximate surface area is 228 Å². The van der Waals surface area contributed by atoms with E-state index in [2.05, 4.69) is 47.0 Å². The number of nitrogens with two attached hydrogens (primary N) is 1. The maximum atomic E-state index is 13.5. The van der Waals surface area contributed by atoms with Gasteiger partial charge in [0.25, 0.3) is 5.91 Å². The van der Waals surface area contributed by atoms with Crippen LogP contribution < -0.4 is 16.4 Å². The lowest BCUT2D eigenvalue weighted by molar-refractivity contribution is 0.0105. The van der Waals surface area contributed by atoms with Crippen LogP contribution in [0.5, 0.6) is 0 Å². The summed E-state index contributed by atoms with van der Waals surface area (Å²) in [5.41, 5.74) is 9.69. The Hall–Kier alpha value is -3.36. The summed E-state index contributed by atoms with van der Waals surface area (Å²) in [7, 11) is 0. The summed E-state index contributed by atoms with van der Waals surface area (Å²) >= 11 is 1.71. The van der Waals surface area contributed by atoms with Crippen molar-refractivity contribution in [1.29, 1.82) is 0 Å². The van der Waals surface area contributed by atoms with E-state index in [1.54, 1.807) is 16.2 Å². The van der Waals surface area contributed by atoms with Crippen molar-refractivity contribution in [2.24, 2.45) is 5.73 Å². The topological polar surface area (TPSA) is 96.7 Å². The Morgan fingerprint density at radius 1 is 1.11 bits per heavy atom. The van der Waals surface area contributed by atoms with Gasteiger partial charge in [0.2, 0.25) is 0 Å². The number of ether oxygens (including phenoxy) is 1. The number of nitrogens with zero attached hydrogens (tertiary/aromatic N) is 1. The Morgan fingerprint density at radius 2 is 1.87 bits per heavy atom. The molecule has 1 aliphatic heterocycles. The van der Waals surface area contributed by atoms with Crippen LogP contribution in [0.1, 0.15) is 60.0 Å². The zero-order valence-corrected chi connectivity index (χ0v) is 23.3. The first-order chi connectivity index (χ1) is 18.0. The summed E-state index contributed by atoms with van der Waals surface area (Å²) in [6, 6.07) is 18.6. The molecule has 2 fully saturated rings. The quantitative estimate of drug-likeness (QED) is 0.366. The minimum absolute atomic E-state index is 0.0698. The van der Waals surface area contributed by atoms with Gasteiger partial charge in [-0.3, -0.25) is 4.79 Å². The molecule has 0 atom stereocenters. The molecule has 0 bridgehead atoms. The lowest BCUT2D eigenvalue weighted by Crippen LogP contribution is -2.57. The number of hydrogen-bond acceptors (Lipinski definition) is 6. The molecule has 2 heterocycles. The van der Waals surface area contributed by atoms with E-state index >= 15 is 0 Å². The van der Waals surface area contributed by atoms with Crippen LogP contribution in [0.2, 0.25) is 0 Å². The van der Waals surface area contributed by atoms with Gasteiger partial charge >= 0.3 is 6.09 Å². The van der Waals surface area contributed by atoms with Crippen molar-refractivity contribution < 1.29 is 14.3 Å². The molecule has 0 unspecified atom stereocenters. The van der Waals surface area contributed by atoms with E-state index < -0.39 is 5.60 Å². The molecule has 2 aromatic carbocycles. The van der Waals surface area contributed by atoms with E-state index in [0.717, 1.165) is 40.1 Å². The molecule has 3 aromatic rings. The van der Waals surface area contributed by atoms with Crippen LogP contribution >= 0.6 is 11.3 Å². The zero-order valence-electron chi connectivity index (χ0n) is 22.5. The minimum Gasteiger partial charge on any atom is -0.444 e. The van der Waals surface area contributed by atoms with Crippen LogP contribution in [-0.2, 0) is 16.8 Å². The molecule has 1 aliphatic carbocycles. The normalized spacial score (nSPS) is 16.5. The number of aryl methyl sites for hydroxylation is 1. The smallest absolute Gasteiger partial charge is 0.410 e. The van der Waals surface area contributed by atoms with Crippen molar-refractivity contribution >= 4 is 29.0 Å². The number of carbonyl (C=O) groups is 2. The summed E-state index contributed by atoms with van der Waals surface area (Å²) in [5.74, 6) is -0.0698. The molecule has 0 radical (unpaired) electrons. The third kappa shape index (κ3) is 5.71. The average molecular weight is 533 g/mol. The molecule has 8 heteroatoms. The SMILES string of the molecule is Cc1ccc(NC2CN(C(=O)OC(C)(C)C)C2)cc1C(=O)NC1(c2cccc(-c3ccc(CN)s3)c2)CC1. The second-order valence-electron chi connectivity index (χ2n) is 11.3. The number of hydrogen-bond donors (Lipinski definition) is 3.